The van der Waals surface area contributed by atoms with Crippen LogP contribution in [0, 0.1) is 50.2 Å². The zero-order valence-electron chi connectivity index (χ0n) is 33.7. The third kappa shape index (κ3) is 5.44. The van der Waals surface area contributed by atoms with Gasteiger partial charge in [0.05, 0.1) is 43.7 Å². The van der Waals surface area contributed by atoms with E-state index in [1.807, 2.05) is 0 Å². The maximum absolute atomic E-state index is 12.1. The minimum absolute atomic E-state index is 0.0414. The Hall–Kier alpha value is -0.780. The van der Waals surface area contributed by atoms with Crippen LogP contribution in [0.1, 0.15) is 99.8 Å². The molecule has 0 aromatic heterocycles. The van der Waals surface area contributed by atoms with Crippen LogP contribution in [-0.2, 0) is 23.7 Å². The van der Waals surface area contributed by atoms with Crippen molar-refractivity contribution in [2.24, 2.45) is 50.2 Å². The van der Waals surface area contributed by atoms with Crippen LogP contribution in [0.25, 0.3) is 0 Å². The second kappa shape index (κ2) is 13.4. The first kappa shape index (κ1) is 41.0. The molecule has 0 unspecified atom stereocenters. The van der Waals surface area contributed by atoms with Crippen molar-refractivity contribution in [1.29, 1.82) is 0 Å². The van der Waals surface area contributed by atoms with E-state index < -0.39 is 91.2 Å². The van der Waals surface area contributed by atoms with Gasteiger partial charge in [0.1, 0.15) is 42.7 Å². The Morgan fingerprint density at radius 3 is 2.13 bits per heavy atom. The van der Waals surface area contributed by atoms with Crippen molar-refractivity contribution in [3.8, 4) is 0 Å². The summed E-state index contributed by atoms with van der Waals surface area (Å²) < 4.78 is 31.2. The van der Waals surface area contributed by atoms with Gasteiger partial charge in [0.2, 0.25) is 0 Å². The van der Waals surface area contributed by atoms with Gasteiger partial charge in [-0.1, -0.05) is 53.7 Å². The summed E-state index contributed by atoms with van der Waals surface area (Å²) in [5.41, 5.74) is -1.90. The molecule has 13 nitrogen and oxygen atoms in total. The van der Waals surface area contributed by atoms with E-state index >= 15 is 0 Å². The Morgan fingerprint density at radius 2 is 1.44 bits per heavy atom. The maximum atomic E-state index is 12.1. The molecule has 2 bridgehead atoms. The molecule has 55 heavy (non-hydrogen) atoms. The van der Waals surface area contributed by atoms with Gasteiger partial charge in [-0.2, -0.15) is 0 Å². The quantitative estimate of drug-likeness (QED) is 0.143. The molecule has 8 rings (SSSR count). The standard InChI is InChI=1S/C42H68O13/c1-21-28(46)33(55-34-31(49)30(48)29(47)22(18-43)53-34)32(50)35(52-21)54-27-10-11-37(4)23(38(27,5)19-44)8-12-39(6)24(37)9-13-42-25-16-36(2,3)14-15-41(25,20-51-42)26(45)17-40(39,42)7/h9,13,21-35,43-50H,8,10-12,14-20H2,1-7H3/t21-,22-,23+,24-,25-,26-,27+,28+,29-,30+,31-,32-,33+,34+,35+,37+,38+,39-,40+,41-,42+/m1/s1. The summed E-state index contributed by atoms with van der Waals surface area (Å²) >= 11 is 0. The molecule has 4 saturated carbocycles. The first-order valence-electron chi connectivity index (χ1n) is 20.9. The van der Waals surface area contributed by atoms with Gasteiger partial charge in [0.15, 0.2) is 12.6 Å². The Labute approximate surface area is 325 Å². The lowest BCUT2D eigenvalue weighted by Gasteiger charge is -2.73. The summed E-state index contributed by atoms with van der Waals surface area (Å²) in [7, 11) is 0. The van der Waals surface area contributed by atoms with Crippen LogP contribution in [0.3, 0.4) is 0 Å². The monoisotopic (exact) mass is 780 g/mol. The van der Waals surface area contributed by atoms with Crippen molar-refractivity contribution in [3.63, 3.8) is 0 Å². The molecule has 0 amide bonds. The zero-order chi connectivity index (χ0) is 39.9. The van der Waals surface area contributed by atoms with Crippen molar-refractivity contribution in [2.75, 3.05) is 19.8 Å². The molecule has 7 fully saturated rings. The molecular weight excluding hydrogens is 712 g/mol. The molecule has 8 aliphatic rings. The molecule has 1 spiro atoms. The molecule has 0 aromatic rings. The van der Waals surface area contributed by atoms with Crippen LogP contribution in [-0.4, -0.2) is 140 Å². The Bertz CT molecular complexity index is 1490. The van der Waals surface area contributed by atoms with Crippen LogP contribution in [0.5, 0.6) is 0 Å². The molecule has 13 heteroatoms. The molecule has 0 radical (unpaired) electrons. The zero-order valence-corrected chi connectivity index (χ0v) is 33.7. The number of hydrogen-bond acceptors (Lipinski definition) is 13. The van der Waals surface area contributed by atoms with E-state index in [-0.39, 0.29) is 51.4 Å². The van der Waals surface area contributed by atoms with Crippen molar-refractivity contribution < 1.29 is 64.5 Å². The molecule has 3 aliphatic heterocycles. The number of aliphatic hydroxyl groups excluding tert-OH is 8. The lowest BCUT2D eigenvalue weighted by Crippen LogP contribution is -2.72. The average Bonchev–Trinajstić information content (AvgIpc) is 3.41. The Kier molecular flexibility index (Phi) is 9.95. The van der Waals surface area contributed by atoms with Crippen LogP contribution < -0.4 is 0 Å². The second-order valence-electron chi connectivity index (χ2n) is 21.0. The smallest absolute Gasteiger partial charge is 0.187 e. The molecule has 3 heterocycles. The number of ether oxygens (including phenoxy) is 5. The number of rotatable bonds is 6. The third-order valence-electron chi connectivity index (χ3n) is 17.9. The van der Waals surface area contributed by atoms with E-state index in [9.17, 15) is 40.9 Å². The van der Waals surface area contributed by atoms with Crippen molar-refractivity contribution in [3.05, 3.63) is 12.2 Å². The minimum atomic E-state index is -1.72. The van der Waals surface area contributed by atoms with Crippen molar-refractivity contribution in [2.45, 2.75) is 179 Å². The summed E-state index contributed by atoms with van der Waals surface area (Å²) in [4.78, 5) is 0. The van der Waals surface area contributed by atoms with Gasteiger partial charge in [0.25, 0.3) is 0 Å². The third-order valence-corrected chi connectivity index (χ3v) is 17.9. The fourth-order valence-electron chi connectivity index (χ4n) is 14.3. The van der Waals surface area contributed by atoms with Crippen LogP contribution in [0.15, 0.2) is 12.2 Å². The summed E-state index contributed by atoms with van der Waals surface area (Å²) in [6.07, 6.45) is -3.39. The summed E-state index contributed by atoms with van der Waals surface area (Å²) in [5, 5.41) is 87.0. The first-order valence-corrected chi connectivity index (χ1v) is 20.9. The van der Waals surface area contributed by atoms with Crippen LogP contribution in [0.2, 0.25) is 0 Å². The van der Waals surface area contributed by atoms with E-state index in [1.54, 1.807) is 6.92 Å². The normalized spacial score (nSPS) is 59.7. The minimum Gasteiger partial charge on any atom is -0.396 e. The Balaban J connectivity index is 1.05. The topological polar surface area (TPSA) is 208 Å². The highest BCUT2D eigenvalue weighted by molar-refractivity contribution is 5.36. The second-order valence-corrected chi connectivity index (χ2v) is 21.0. The average molecular weight is 781 g/mol. The molecule has 5 aliphatic carbocycles. The fraction of sp³-hybridized carbons (Fsp3) is 0.952. The van der Waals surface area contributed by atoms with Crippen LogP contribution in [0.4, 0.5) is 0 Å². The van der Waals surface area contributed by atoms with Crippen molar-refractivity contribution in [1.82, 2.24) is 0 Å². The van der Waals surface area contributed by atoms with Gasteiger partial charge >= 0.3 is 0 Å². The number of allylic oxidation sites excluding steroid dienone is 1. The Morgan fingerprint density at radius 1 is 0.727 bits per heavy atom. The molecule has 0 aromatic carbocycles. The predicted octanol–water partition coefficient (Wildman–Crippen LogP) is 1.78. The summed E-state index contributed by atoms with van der Waals surface area (Å²) in [5.74, 6) is 0.449. The maximum Gasteiger partial charge on any atom is 0.187 e. The SMILES string of the molecule is C[C@H]1O[C@@H](O[C@H]2CC[C@@]3(C)[C@H](CC[C@]4(C)[C@@H]3C=C[C@]35OC[C@@]6(CCC(C)(C)C[C@H]63)[C@H](O)C[C@]54C)[C@]2(C)CO)[C@H](O)[C@@H](O[C@@H]2O[C@H](CO)[C@@H](O)[C@H](O)[C@H]2O)[C@H]1O. The number of hydrogen-bond donors (Lipinski definition) is 8. The number of aliphatic hydroxyl groups is 8. The van der Waals surface area contributed by atoms with Gasteiger partial charge in [-0.25, -0.2) is 0 Å². The van der Waals surface area contributed by atoms with Gasteiger partial charge < -0.3 is 64.5 Å². The largest absolute Gasteiger partial charge is 0.396 e. The van der Waals surface area contributed by atoms with Crippen LogP contribution >= 0.6 is 0 Å². The van der Waals surface area contributed by atoms with E-state index in [0.29, 0.717) is 19.4 Å². The summed E-state index contributed by atoms with van der Waals surface area (Å²) in [6, 6.07) is 0. The van der Waals surface area contributed by atoms with E-state index in [2.05, 4.69) is 53.7 Å². The lowest BCUT2D eigenvalue weighted by atomic mass is 9.32. The summed E-state index contributed by atoms with van der Waals surface area (Å²) in [6.45, 7) is 15.4. The van der Waals surface area contributed by atoms with Gasteiger partial charge in [-0.05, 0) is 86.4 Å². The number of fused-ring (bicyclic) bond motifs is 4. The highest BCUT2D eigenvalue weighted by Crippen LogP contribution is 2.79. The predicted molar refractivity (Wildman–Crippen MR) is 197 cm³/mol. The van der Waals surface area contributed by atoms with E-state index in [4.69, 9.17) is 23.7 Å². The molecule has 314 valence electrons. The highest BCUT2D eigenvalue weighted by Gasteiger charge is 2.79. The van der Waals surface area contributed by atoms with E-state index in [1.165, 1.54) is 0 Å². The molecular formula is C42H68O13. The van der Waals surface area contributed by atoms with Gasteiger partial charge in [0, 0.05) is 22.2 Å². The van der Waals surface area contributed by atoms with E-state index in [0.717, 1.165) is 38.5 Å². The molecule has 21 atom stereocenters. The first-order chi connectivity index (χ1) is 25.7. The highest BCUT2D eigenvalue weighted by atomic mass is 16.7. The van der Waals surface area contributed by atoms with Crippen molar-refractivity contribution >= 4 is 0 Å². The van der Waals surface area contributed by atoms with Gasteiger partial charge in [-0.3, -0.25) is 0 Å². The lowest BCUT2D eigenvalue weighted by molar-refractivity contribution is -0.367. The molecule has 3 saturated heterocycles. The molecule has 8 N–H and O–H groups in total. The fourth-order valence-corrected chi connectivity index (χ4v) is 14.3. The van der Waals surface area contributed by atoms with Gasteiger partial charge in [-0.15, -0.1) is 0 Å².